The molecule has 1 aromatic carbocycles. The van der Waals surface area contributed by atoms with Crippen molar-refractivity contribution in [2.75, 3.05) is 0 Å². The highest BCUT2D eigenvalue weighted by atomic mass is 19.1. The summed E-state index contributed by atoms with van der Waals surface area (Å²) in [7, 11) is 0. The molecule has 0 radical (unpaired) electrons. The van der Waals surface area contributed by atoms with Crippen molar-refractivity contribution in [2.45, 2.75) is 37.6 Å². The maximum absolute atomic E-state index is 14.7. The molecular weight excluding hydrogens is 294 g/mol. The third-order valence-corrected chi connectivity index (χ3v) is 6.30. The Hall–Kier alpha value is -2.23. The quantitative estimate of drug-likeness (QED) is 0.556. The van der Waals surface area contributed by atoms with Crippen molar-refractivity contribution in [3.05, 3.63) is 59.9 Å². The van der Waals surface area contributed by atoms with Gasteiger partial charge in [-0.2, -0.15) is 0 Å². The van der Waals surface area contributed by atoms with Crippen molar-refractivity contribution >= 4 is 5.65 Å². The Balaban J connectivity index is 2.00. The van der Waals surface area contributed by atoms with Crippen LogP contribution in [0.15, 0.2) is 42.7 Å². The summed E-state index contributed by atoms with van der Waals surface area (Å²) in [5.41, 5.74) is 2.83. The summed E-state index contributed by atoms with van der Waals surface area (Å²) in [6, 6.07) is 8.54. The fraction of sp³-hybridized carbons (Fsp3) is 0.316. The van der Waals surface area contributed by atoms with Crippen LogP contribution in [0.25, 0.3) is 16.9 Å². The lowest BCUT2D eigenvalue weighted by atomic mass is 9.51. The molecule has 116 valence electrons. The molecule has 1 aliphatic heterocycles. The normalized spacial score (nSPS) is 28.0. The van der Waals surface area contributed by atoms with Crippen molar-refractivity contribution in [3.63, 3.8) is 0 Å². The first-order valence-corrected chi connectivity index (χ1v) is 7.98. The Morgan fingerprint density at radius 1 is 1.13 bits per heavy atom. The molecule has 2 aliphatic rings. The predicted octanol–water partition coefficient (Wildman–Crippen LogP) is 3.95. The lowest BCUT2D eigenvalue weighted by Gasteiger charge is -2.56. The van der Waals surface area contributed by atoms with E-state index in [-0.39, 0.29) is 11.0 Å². The van der Waals surface area contributed by atoms with Gasteiger partial charge in [-0.05, 0) is 37.5 Å². The number of benzene rings is 1. The van der Waals surface area contributed by atoms with Crippen molar-refractivity contribution in [1.29, 1.82) is 0 Å². The van der Waals surface area contributed by atoms with E-state index < -0.39 is 11.6 Å². The van der Waals surface area contributed by atoms with Gasteiger partial charge in [-0.15, -0.1) is 0 Å². The minimum atomic E-state index is -0.492. The average molecular weight is 311 g/mol. The van der Waals surface area contributed by atoms with Crippen LogP contribution < -0.4 is 4.40 Å². The largest absolute Gasteiger partial charge is 0.287 e. The lowest BCUT2D eigenvalue weighted by molar-refractivity contribution is -0.510. The van der Waals surface area contributed by atoms with Crippen molar-refractivity contribution in [2.24, 2.45) is 0 Å². The highest BCUT2D eigenvalue weighted by molar-refractivity contribution is 5.72. The number of hydrogen-bond donors (Lipinski definition) is 0. The van der Waals surface area contributed by atoms with Crippen LogP contribution in [0.5, 0.6) is 0 Å². The van der Waals surface area contributed by atoms with Crippen LogP contribution in [0.3, 0.4) is 0 Å². The molecule has 0 spiro atoms. The first-order chi connectivity index (χ1) is 11.0. The van der Waals surface area contributed by atoms with Gasteiger partial charge >= 0.3 is 0 Å². The van der Waals surface area contributed by atoms with Gasteiger partial charge < -0.3 is 0 Å². The number of fused-ring (bicyclic) bond motifs is 8. The highest BCUT2D eigenvalue weighted by Gasteiger charge is 2.63. The maximum Gasteiger partial charge on any atom is 0.287 e. The molecule has 3 heterocycles. The van der Waals surface area contributed by atoms with Crippen molar-refractivity contribution in [1.82, 2.24) is 4.57 Å². The molecule has 0 N–H and O–H groups in total. The molecule has 1 fully saturated rings. The monoisotopic (exact) mass is 311 g/mol. The zero-order valence-electron chi connectivity index (χ0n) is 13.1. The summed E-state index contributed by atoms with van der Waals surface area (Å²) in [5, 5.41) is 0. The Kier molecular flexibility index (Phi) is 2.19. The Morgan fingerprint density at radius 2 is 1.96 bits per heavy atom. The van der Waals surface area contributed by atoms with Crippen LogP contribution in [0, 0.1) is 11.6 Å². The van der Waals surface area contributed by atoms with Crippen molar-refractivity contribution < 1.29 is 13.2 Å². The molecule has 0 amide bonds. The molecule has 2 atom stereocenters. The number of nitrogens with zero attached hydrogens (tertiary/aromatic N) is 2. The van der Waals surface area contributed by atoms with Crippen LogP contribution in [0.1, 0.15) is 32.3 Å². The summed E-state index contributed by atoms with van der Waals surface area (Å²) >= 11 is 0. The first-order valence-electron chi connectivity index (χ1n) is 7.98. The van der Waals surface area contributed by atoms with Gasteiger partial charge in [-0.1, -0.05) is 13.0 Å². The van der Waals surface area contributed by atoms with Gasteiger partial charge in [-0.3, -0.25) is 0 Å². The zero-order valence-corrected chi connectivity index (χ0v) is 13.1. The lowest BCUT2D eigenvalue weighted by Crippen LogP contribution is -2.60. The summed E-state index contributed by atoms with van der Waals surface area (Å²) < 4.78 is 32.9. The molecule has 1 saturated carbocycles. The van der Waals surface area contributed by atoms with E-state index in [1.54, 1.807) is 0 Å². The Morgan fingerprint density at radius 3 is 2.70 bits per heavy atom. The SMILES string of the molecule is CC12CCC1(C)n1c(c[n+]3ccccc13)-c1c(F)cc(F)cc12. The van der Waals surface area contributed by atoms with E-state index in [9.17, 15) is 8.78 Å². The number of hydrogen-bond acceptors (Lipinski definition) is 0. The summed E-state index contributed by atoms with van der Waals surface area (Å²) in [4.78, 5) is 0. The molecule has 23 heavy (non-hydrogen) atoms. The van der Waals surface area contributed by atoms with Gasteiger partial charge in [0, 0.05) is 17.5 Å². The highest BCUT2D eigenvalue weighted by Crippen LogP contribution is 2.62. The predicted molar refractivity (Wildman–Crippen MR) is 83.2 cm³/mol. The number of pyridine rings is 1. The molecule has 1 aliphatic carbocycles. The number of rotatable bonds is 0. The van der Waals surface area contributed by atoms with Crippen LogP contribution in [0.2, 0.25) is 0 Å². The van der Waals surface area contributed by atoms with Crippen LogP contribution in [-0.4, -0.2) is 4.57 Å². The van der Waals surface area contributed by atoms with Gasteiger partial charge in [0.25, 0.3) is 5.65 Å². The van der Waals surface area contributed by atoms with E-state index in [1.807, 2.05) is 28.9 Å². The first kappa shape index (κ1) is 13.2. The van der Waals surface area contributed by atoms with E-state index in [0.29, 0.717) is 5.56 Å². The molecule has 2 nitrogen and oxygen atoms in total. The van der Waals surface area contributed by atoms with Crippen LogP contribution in [-0.2, 0) is 11.0 Å². The van der Waals surface area contributed by atoms with Gasteiger partial charge in [0.2, 0.25) is 0 Å². The van der Waals surface area contributed by atoms with Gasteiger partial charge in [0.15, 0.2) is 5.69 Å². The Labute approximate surface area is 133 Å². The smallest absolute Gasteiger partial charge is 0.217 e. The molecule has 2 unspecified atom stereocenters. The van der Waals surface area contributed by atoms with Gasteiger partial charge in [0.05, 0.1) is 11.8 Å². The molecule has 0 saturated heterocycles. The zero-order chi connectivity index (χ0) is 16.0. The minimum absolute atomic E-state index is 0.161. The van der Waals surface area contributed by atoms with E-state index in [4.69, 9.17) is 0 Å². The fourth-order valence-corrected chi connectivity index (χ4v) is 4.67. The average Bonchev–Trinajstić information content (AvgIpc) is 2.89. The molecule has 5 rings (SSSR count). The molecule has 4 heteroatoms. The van der Waals surface area contributed by atoms with E-state index >= 15 is 0 Å². The second-order valence-electron chi connectivity index (χ2n) is 7.23. The number of aromatic nitrogens is 2. The summed E-state index contributed by atoms with van der Waals surface area (Å²) in [6.07, 6.45) is 5.88. The number of halogens is 2. The van der Waals surface area contributed by atoms with Crippen molar-refractivity contribution in [3.8, 4) is 11.3 Å². The molecule has 2 aromatic heterocycles. The van der Waals surface area contributed by atoms with Crippen LogP contribution in [0.4, 0.5) is 8.78 Å². The maximum atomic E-state index is 14.7. The topological polar surface area (TPSA) is 9.03 Å². The fourth-order valence-electron chi connectivity index (χ4n) is 4.67. The standard InChI is InChI=1S/C19H17F2N2/c1-18-6-7-19(18,2)23-15(11-22-8-4-3-5-16(22)23)17-13(18)9-12(20)10-14(17)21/h3-5,8-11H,6-7H2,1-2H3/q+1. The van der Waals surface area contributed by atoms with E-state index in [2.05, 4.69) is 24.5 Å². The van der Waals surface area contributed by atoms with Gasteiger partial charge in [0.1, 0.15) is 23.4 Å². The second-order valence-corrected chi connectivity index (χ2v) is 7.23. The third kappa shape index (κ3) is 1.32. The molecular formula is C19H17F2N2+. The van der Waals surface area contributed by atoms with E-state index in [0.717, 1.165) is 35.8 Å². The summed E-state index contributed by atoms with van der Waals surface area (Å²) in [6.45, 7) is 4.34. The number of imidazole rings is 1. The second kappa shape index (κ2) is 3.81. The minimum Gasteiger partial charge on any atom is -0.217 e. The summed E-state index contributed by atoms with van der Waals surface area (Å²) in [5.74, 6) is -0.964. The molecule has 0 bridgehead atoms. The molecule has 3 aromatic rings. The van der Waals surface area contributed by atoms with Crippen LogP contribution >= 0.6 is 0 Å². The Bertz CT molecular complexity index is 990. The third-order valence-electron chi connectivity index (χ3n) is 6.30. The van der Waals surface area contributed by atoms with Gasteiger partial charge in [-0.25, -0.2) is 17.7 Å². The van der Waals surface area contributed by atoms with E-state index in [1.165, 1.54) is 6.07 Å².